The van der Waals surface area contributed by atoms with E-state index in [2.05, 4.69) is 5.32 Å². The second-order valence-electron chi connectivity index (χ2n) is 5.10. The van der Waals surface area contributed by atoms with Crippen LogP contribution in [-0.2, 0) is 9.59 Å². The van der Waals surface area contributed by atoms with Crippen LogP contribution in [0.25, 0.3) is 0 Å². The molecular formula is C12H20N2O3. The van der Waals surface area contributed by atoms with E-state index in [0.29, 0.717) is 6.54 Å². The minimum Gasteiger partial charge on any atom is -0.480 e. The van der Waals surface area contributed by atoms with Crippen molar-refractivity contribution in [3.63, 3.8) is 0 Å². The molecule has 0 aromatic carbocycles. The normalized spacial score (nSPS) is 26.2. The molecule has 5 nitrogen and oxygen atoms in total. The largest absolute Gasteiger partial charge is 0.480 e. The van der Waals surface area contributed by atoms with Crippen LogP contribution in [-0.4, -0.2) is 47.6 Å². The smallest absolute Gasteiger partial charge is 0.317 e. The summed E-state index contributed by atoms with van der Waals surface area (Å²) in [6.07, 6.45) is 5.11. The monoisotopic (exact) mass is 240 g/mol. The van der Waals surface area contributed by atoms with E-state index in [-0.39, 0.29) is 24.4 Å². The number of carbonyl (C=O) groups excluding carboxylic acids is 1. The van der Waals surface area contributed by atoms with Gasteiger partial charge in [-0.25, -0.2) is 0 Å². The summed E-state index contributed by atoms with van der Waals surface area (Å²) >= 11 is 0. The fourth-order valence-electron chi connectivity index (χ4n) is 2.50. The Morgan fingerprint density at radius 2 is 2.00 bits per heavy atom. The molecule has 2 fully saturated rings. The van der Waals surface area contributed by atoms with Gasteiger partial charge < -0.3 is 10.4 Å². The zero-order chi connectivity index (χ0) is 12.3. The van der Waals surface area contributed by atoms with Crippen molar-refractivity contribution >= 4 is 11.9 Å². The van der Waals surface area contributed by atoms with Crippen molar-refractivity contribution in [2.24, 2.45) is 5.92 Å². The molecule has 0 bridgehead atoms. The summed E-state index contributed by atoms with van der Waals surface area (Å²) in [6.45, 7) is 1.57. The van der Waals surface area contributed by atoms with E-state index < -0.39 is 5.97 Å². The van der Waals surface area contributed by atoms with Gasteiger partial charge in [0.15, 0.2) is 0 Å². The molecule has 2 N–H and O–H groups in total. The molecule has 5 heteroatoms. The van der Waals surface area contributed by atoms with Crippen LogP contribution in [0.4, 0.5) is 0 Å². The zero-order valence-electron chi connectivity index (χ0n) is 10.0. The number of aliphatic carboxylic acids is 1. The van der Waals surface area contributed by atoms with Crippen LogP contribution in [0.1, 0.15) is 32.1 Å². The van der Waals surface area contributed by atoms with Crippen LogP contribution in [0, 0.1) is 5.92 Å². The first-order chi connectivity index (χ1) is 8.15. The van der Waals surface area contributed by atoms with Gasteiger partial charge in [-0.15, -0.1) is 0 Å². The highest BCUT2D eigenvalue weighted by Crippen LogP contribution is 2.26. The molecule has 96 valence electrons. The summed E-state index contributed by atoms with van der Waals surface area (Å²) in [5, 5.41) is 11.8. The van der Waals surface area contributed by atoms with Crippen LogP contribution in [0.15, 0.2) is 0 Å². The van der Waals surface area contributed by atoms with Crippen LogP contribution in [0.5, 0.6) is 0 Å². The molecule has 0 radical (unpaired) electrons. The van der Waals surface area contributed by atoms with Crippen LogP contribution in [0.3, 0.4) is 0 Å². The number of amides is 1. The van der Waals surface area contributed by atoms with Gasteiger partial charge in [0.25, 0.3) is 0 Å². The Bertz CT molecular complexity index is 302. The van der Waals surface area contributed by atoms with Crippen molar-refractivity contribution in [1.29, 1.82) is 0 Å². The SMILES string of the molecule is O=C(O)CN1CCC[C@@H](NC(=O)C2CCC2)C1. The van der Waals surface area contributed by atoms with Crippen molar-refractivity contribution in [3.05, 3.63) is 0 Å². The highest BCUT2D eigenvalue weighted by Gasteiger charge is 2.28. The summed E-state index contributed by atoms with van der Waals surface area (Å²) < 4.78 is 0. The van der Waals surface area contributed by atoms with E-state index >= 15 is 0 Å². The number of piperidine rings is 1. The average molecular weight is 240 g/mol. The standard InChI is InChI=1S/C12H20N2O3/c15-11(16)8-14-6-2-5-10(7-14)13-12(17)9-3-1-4-9/h9-10H,1-8H2,(H,13,17)(H,15,16)/t10-/m1/s1. The van der Waals surface area contributed by atoms with Crippen molar-refractivity contribution in [1.82, 2.24) is 10.2 Å². The fourth-order valence-corrected chi connectivity index (χ4v) is 2.50. The van der Waals surface area contributed by atoms with E-state index in [0.717, 1.165) is 38.6 Å². The van der Waals surface area contributed by atoms with Crippen molar-refractivity contribution in [2.75, 3.05) is 19.6 Å². The maximum Gasteiger partial charge on any atom is 0.317 e. The third-order valence-corrected chi connectivity index (χ3v) is 3.69. The summed E-state index contributed by atoms with van der Waals surface area (Å²) in [5.41, 5.74) is 0. The van der Waals surface area contributed by atoms with Crippen molar-refractivity contribution in [2.45, 2.75) is 38.1 Å². The molecule has 17 heavy (non-hydrogen) atoms. The van der Waals surface area contributed by atoms with Gasteiger partial charge in [-0.2, -0.15) is 0 Å². The van der Waals surface area contributed by atoms with Crippen LogP contribution >= 0.6 is 0 Å². The molecule has 0 unspecified atom stereocenters. The summed E-state index contributed by atoms with van der Waals surface area (Å²) in [6, 6.07) is 0.135. The molecular weight excluding hydrogens is 220 g/mol. The van der Waals surface area contributed by atoms with Crippen molar-refractivity contribution < 1.29 is 14.7 Å². The maximum atomic E-state index is 11.8. The number of nitrogens with zero attached hydrogens (tertiary/aromatic N) is 1. The Kier molecular flexibility index (Phi) is 3.99. The molecule has 2 rings (SSSR count). The number of nitrogens with one attached hydrogen (secondary N) is 1. The topological polar surface area (TPSA) is 69.6 Å². The number of carboxylic acid groups (broad SMARTS) is 1. The Balaban J connectivity index is 1.76. The minimum absolute atomic E-state index is 0.0792. The first-order valence-corrected chi connectivity index (χ1v) is 6.39. The van der Waals surface area contributed by atoms with Gasteiger partial charge in [-0.05, 0) is 32.2 Å². The van der Waals surface area contributed by atoms with E-state index in [4.69, 9.17) is 5.11 Å². The Hall–Kier alpha value is -1.10. The lowest BCUT2D eigenvalue weighted by Crippen LogP contribution is -2.50. The lowest BCUT2D eigenvalue weighted by Gasteiger charge is -2.34. The van der Waals surface area contributed by atoms with Gasteiger partial charge in [-0.1, -0.05) is 6.42 Å². The molecule has 0 spiro atoms. The molecule has 1 aliphatic carbocycles. The molecule has 1 saturated heterocycles. The zero-order valence-corrected chi connectivity index (χ0v) is 10.0. The van der Waals surface area contributed by atoms with Gasteiger partial charge in [0.2, 0.25) is 5.91 Å². The van der Waals surface area contributed by atoms with E-state index in [9.17, 15) is 9.59 Å². The number of hydrogen-bond donors (Lipinski definition) is 2. The number of rotatable bonds is 4. The molecule has 2 aliphatic rings. The Morgan fingerprint density at radius 1 is 1.24 bits per heavy atom. The van der Waals surface area contributed by atoms with E-state index in [1.807, 2.05) is 4.90 Å². The van der Waals surface area contributed by atoms with Crippen LogP contribution in [0.2, 0.25) is 0 Å². The third-order valence-electron chi connectivity index (χ3n) is 3.69. The van der Waals surface area contributed by atoms with Gasteiger partial charge in [-0.3, -0.25) is 14.5 Å². The highest BCUT2D eigenvalue weighted by molar-refractivity contribution is 5.79. The predicted octanol–water partition coefficient (Wildman–Crippen LogP) is 0.452. The molecule has 0 aromatic rings. The lowest BCUT2D eigenvalue weighted by atomic mass is 9.84. The predicted molar refractivity (Wildman–Crippen MR) is 62.6 cm³/mol. The summed E-state index contributed by atoms with van der Waals surface area (Å²) in [7, 11) is 0. The molecule has 1 atom stereocenters. The first-order valence-electron chi connectivity index (χ1n) is 6.39. The van der Waals surface area contributed by atoms with Gasteiger partial charge in [0, 0.05) is 18.5 Å². The molecule has 1 saturated carbocycles. The quantitative estimate of drug-likeness (QED) is 0.748. The number of carbonyl (C=O) groups is 2. The molecule has 0 aromatic heterocycles. The second-order valence-corrected chi connectivity index (χ2v) is 5.10. The summed E-state index contributed by atoms with van der Waals surface area (Å²) in [4.78, 5) is 24.3. The van der Waals surface area contributed by atoms with Crippen LogP contribution < -0.4 is 5.32 Å². The average Bonchev–Trinajstić information content (AvgIpc) is 2.13. The second kappa shape index (κ2) is 5.49. The van der Waals surface area contributed by atoms with E-state index in [1.54, 1.807) is 0 Å². The Morgan fingerprint density at radius 3 is 2.59 bits per heavy atom. The highest BCUT2D eigenvalue weighted by atomic mass is 16.4. The number of hydrogen-bond acceptors (Lipinski definition) is 3. The first kappa shape index (κ1) is 12.4. The minimum atomic E-state index is -0.795. The van der Waals surface area contributed by atoms with Gasteiger partial charge in [0.05, 0.1) is 6.54 Å². The third kappa shape index (κ3) is 3.43. The molecule has 1 heterocycles. The molecule has 1 aliphatic heterocycles. The fraction of sp³-hybridized carbons (Fsp3) is 0.833. The number of carboxylic acids is 1. The number of likely N-dealkylation sites (tertiary alicyclic amines) is 1. The van der Waals surface area contributed by atoms with E-state index in [1.165, 1.54) is 0 Å². The maximum absolute atomic E-state index is 11.8. The summed E-state index contributed by atoms with van der Waals surface area (Å²) in [5.74, 6) is -0.417. The van der Waals surface area contributed by atoms with Gasteiger partial charge in [0.1, 0.15) is 0 Å². The lowest BCUT2D eigenvalue weighted by molar-refractivity contribution is -0.138. The Labute approximate surface area is 101 Å². The molecule has 1 amide bonds. The van der Waals surface area contributed by atoms with Crippen molar-refractivity contribution in [3.8, 4) is 0 Å². The van der Waals surface area contributed by atoms with Gasteiger partial charge >= 0.3 is 5.97 Å².